The van der Waals surface area contributed by atoms with Gasteiger partial charge in [-0.1, -0.05) is 32.0 Å². The van der Waals surface area contributed by atoms with Crippen molar-refractivity contribution in [2.75, 3.05) is 13.6 Å². The summed E-state index contributed by atoms with van der Waals surface area (Å²) in [6.45, 7) is 3.23. The van der Waals surface area contributed by atoms with Crippen LogP contribution in [0, 0.1) is 0 Å². The number of nitrogens with zero attached hydrogens (tertiary/aromatic N) is 1. The summed E-state index contributed by atoms with van der Waals surface area (Å²) in [4.78, 5) is 1.99. The third kappa shape index (κ3) is 8.67. The van der Waals surface area contributed by atoms with Crippen molar-refractivity contribution < 1.29 is 17.1 Å². The Hall–Kier alpha value is 0.759. The van der Waals surface area contributed by atoms with Gasteiger partial charge in [0.2, 0.25) is 0 Å². The molecule has 0 amide bonds. The number of hydrogen-bond donors (Lipinski definition) is 1. The molecular formula is C7H15CuNS2. The van der Waals surface area contributed by atoms with Crippen LogP contribution in [0.2, 0.25) is 0 Å². The van der Waals surface area contributed by atoms with Gasteiger partial charge in [-0.15, -0.1) is 12.6 Å². The summed E-state index contributed by atoms with van der Waals surface area (Å²) in [7, 11) is 1.98. The fourth-order valence-electron chi connectivity index (χ4n) is 0.695. The SMILES string of the molecule is CCCCCN(C)C(=S)S.[Cu]. The number of unbranched alkanes of at least 4 members (excludes halogenated alkanes) is 2. The van der Waals surface area contributed by atoms with Gasteiger partial charge in [-0.25, -0.2) is 0 Å². The van der Waals surface area contributed by atoms with Crippen LogP contribution >= 0.6 is 24.8 Å². The molecule has 0 rings (SSSR count). The van der Waals surface area contributed by atoms with Gasteiger partial charge in [0.15, 0.2) is 0 Å². The smallest absolute Gasteiger partial charge is 0.133 e. The third-order valence-electron chi connectivity index (χ3n) is 1.42. The maximum Gasteiger partial charge on any atom is 0.133 e. The Morgan fingerprint density at radius 2 is 2.00 bits per heavy atom. The molecule has 0 aliphatic rings. The zero-order valence-electron chi connectivity index (χ0n) is 6.93. The van der Waals surface area contributed by atoms with Gasteiger partial charge in [0, 0.05) is 30.7 Å². The number of thiocarbonyl (C=S) groups is 1. The standard InChI is InChI=1S/C7H15NS2.Cu/c1-3-4-5-6-8(2)7(9)10;/h3-6H2,1-2H3,(H,9,10);. The second-order valence-corrected chi connectivity index (χ2v) is 3.52. The summed E-state index contributed by atoms with van der Waals surface area (Å²) < 4.78 is 0.691. The van der Waals surface area contributed by atoms with Crippen molar-refractivity contribution in [1.29, 1.82) is 0 Å². The molecular weight excluding hydrogens is 226 g/mol. The molecule has 0 atom stereocenters. The predicted octanol–water partition coefficient (Wildman–Crippen LogP) is 2.32. The van der Waals surface area contributed by atoms with Gasteiger partial charge in [-0.3, -0.25) is 0 Å². The number of hydrogen-bond acceptors (Lipinski definition) is 1. The van der Waals surface area contributed by atoms with Crippen LogP contribution in [0.1, 0.15) is 26.2 Å². The Labute approximate surface area is 90.8 Å². The van der Waals surface area contributed by atoms with Crippen LogP contribution < -0.4 is 0 Å². The second-order valence-electron chi connectivity index (χ2n) is 2.41. The van der Waals surface area contributed by atoms with Gasteiger partial charge < -0.3 is 4.90 Å². The van der Waals surface area contributed by atoms with Gasteiger partial charge in [0.05, 0.1) is 0 Å². The van der Waals surface area contributed by atoms with Crippen LogP contribution in [0.3, 0.4) is 0 Å². The summed E-state index contributed by atoms with van der Waals surface area (Å²) in [6.07, 6.45) is 3.75. The van der Waals surface area contributed by atoms with Gasteiger partial charge in [0.1, 0.15) is 4.32 Å². The molecule has 0 aromatic carbocycles. The van der Waals surface area contributed by atoms with Crippen LogP contribution in [-0.4, -0.2) is 22.8 Å². The predicted molar refractivity (Wildman–Crippen MR) is 53.7 cm³/mol. The molecule has 0 bridgehead atoms. The van der Waals surface area contributed by atoms with E-state index in [2.05, 4.69) is 19.6 Å². The molecule has 0 aromatic heterocycles. The minimum Gasteiger partial charge on any atom is -0.361 e. The van der Waals surface area contributed by atoms with E-state index in [1.165, 1.54) is 19.3 Å². The summed E-state index contributed by atoms with van der Waals surface area (Å²) in [6, 6.07) is 0. The molecule has 0 aliphatic heterocycles. The van der Waals surface area contributed by atoms with E-state index in [-0.39, 0.29) is 17.1 Å². The Morgan fingerprint density at radius 3 is 2.36 bits per heavy atom. The maximum atomic E-state index is 4.86. The van der Waals surface area contributed by atoms with Gasteiger partial charge in [-0.05, 0) is 6.42 Å². The van der Waals surface area contributed by atoms with E-state index in [1.807, 2.05) is 11.9 Å². The van der Waals surface area contributed by atoms with Crippen LogP contribution in [0.25, 0.3) is 0 Å². The third-order valence-corrected chi connectivity index (χ3v) is 2.08. The van der Waals surface area contributed by atoms with Crippen molar-refractivity contribution >= 4 is 29.2 Å². The molecule has 0 aromatic rings. The Bertz CT molecular complexity index is 109. The Morgan fingerprint density at radius 1 is 1.45 bits per heavy atom. The molecule has 4 heteroatoms. The maximum absolute atomic E-state index is 4.86. The van der Waals surface area contributed by atoms with Crippen LogP contribution in [0.5, 0.6) is 0 Å². The van der Waals surface area contributed by atoms with Gasteiger partial charge in [0.25, 0.3) is 0 Å². The Kier molecular flexibility index (Phi) is 11.5. The van der Waals surface area contributed by atoms with E-state index >= 15 is 0 Å². The molecule has 0 heterocycles. The van der Waals surface area contributed by atoms with Crippen molar-refractivity contribution in [3.05, 3.63) is 0 Å². The van der Waals surface area contributed by atoms with Gasteiger partial charge in [-0.2, -0.15) is 0 Å². The zero-order valence-corrected chi connectivity index (χ0v) is 9.59. The molecule has 0 spiro atoms. The number of rotatable bonds is 4. The fraction of sp³-hybridized carbons (Fsp3) is 0.857. The largest absolute Gasteiger partial charge is 0.361 e. The number of thiol groups is 1. The van der Waals surface area contributed by atoms with Crippen LogP contribution in [0.4, 0.5) is 0 Å². The summed E-state index contributed by atoms with van der Waals surface area (Å²) in [5, 5.41) is 0. The first kappa shape index (κ1) is 14.3. The summed E-state index contributed by atoms with van der Waals surface area (Å²) in [5.41, 5.74) is 0. The van der Waals surface area contributed by atoms with E-state index in [0.29, 0.717) is 4.32 Å². The summed E-state index contributed by atoms with van der Waals surface area (Å²) >= 11 is 8.91. The molecule has 0 saturated heterocycles. The normalized spacial score (nSPS) is 8.64. The van der Waals surface area contributed by atoms with Crippen molar-refractivity contribution in [2.45, 2.75) is 26.2 Å². The molecule has 71 valence electrons. The fourth-order valence-corrected chi connectivity index (χ4v) is 0.886. The van der Waals surface area contributed by atoms with Crippen LogP contribution in [-0.2, 0) is 17.1 Å². The van der Waals surface area contributed by atoms with E-state index in [4.69, 9.17) is 12.2 Å². The monoisotopic (exact) mass is 240 g/mol. The van der Waals surface area contributed by atoms with Crippen LogP contribution in [0.15, 0.2) is 0 Å². The zero-order chi connectivity index (χ0) is 7.98. The molecule has 0 saturated carbocycles. The molecule has 0 fully saturated rings. The first-order valence-corrected chi connectivity index (χ1v) is 4.48. The first-order chi connectivity index (χ1) is 4.68. The van der Waals surface area contributed by atoms with E-state index in [9.17, 15) is 0 Å². The van der Waals surface area contributed by atoms with Crippen molar-refractivity contribution in [1.82, 2.24) is 4.90 Å². The first-order valence-electron chi connectivity index (χ1n) is 3.62. The molecule has 1 radical (unpaired) electrons. The molecule has 1 nitrogen and oxygen atoms in total. The molecule has 0 aliphatic carbocycles. The quantitative estimate of drug-likeness (QED) is 0.348. The minimum absolute atomic E-state index is 0. The average Bonchev–Trinajstić information content (AvgIpc) is 1.88. The topological polar surface area (TPSA) is 3.24 Å². The molecule has 0 unspecified atom stereocenters. The second kappa shape index (κ2) is 8.85. The Balaban J connectivity index is 0. The van der Waals surface area contributed by atoms with E-state index in [1.54, 1.807) is 0 Å². The van der Waals surface area contributed by atoms with E-state index < -0.39 is 0 Å². The summed E-state index contributed by atoms with van der Waals surface area (Å²) in [5.74, 6) is 0. The molecule has 11 heavy (non-hydrogen) atoms. The van der Waals surface area contributed by atoms with Gasteiger partial charge >= 0.3 is 0 Å². The minimum atomic E-state index is 0. The van der Waals surface area contributed by atoms with Crippen molar-refractivity contribution in [2.24, 2.45) is 0 Å². The molecule has 0 N–H and O–H groups in total. The van der Waals surface area contributed by atoms with Crippen molar-refractivity contribution in [3.8, 4) is 0 Å². The average molecular weight is 241 g/mol. The van der Waals surface area contributed by atoms with E-state index in [0.717, 1.165) is 6.54 Å². The van der Waals surface area contributed by atoms with Crippen molar-refractivity contribution in [3.63, 3.8) is 0 Å².